The molecule has 41 heavy (non-hydrogen) atoms. The van der Waals surface area contributed by atoms with Crippen molar-refractivity contribution in [2.24, 2.45) is 17.3 Å². The van der Waals surface area contributed by atoms with Gasteiger partial charge in [-0.25, -0.2) is 8.78 Å². The average Bonchev–Trinajstić information content (AvgIpc) is 3.25. The fourth-order valence-corrected chi connectivity index (χ4v) is 7.74. The zero-order chi connectivity index (χ0) is 29.2. The molecule has 3 aliphatic carbocycles. The Balaban J connectivity index is 1.21. The van der Waals surface area contributed by atoms with E-state index in [4.69, 9.17) is 9.47 Å². The molecule has 0 aromatic heterocycles. The van der Waals surface area contributed by atoms with Crippen LogP contribution in [0.3, 0.4) is 0 Å². The summed E-state index contributed by atoms with van der Waals surface area (Å²) in [6.45, 7) is 2.89. The minimum absolute atomic E-state index is 0.00623. The highest BCUT2D eigenvalue weighted by Gasteiger charge is 2.55. The van der Waals surface area contributed by atoms with Gasteiger partial charge >= 0.3 is 6.36 Å². The van der Waals surface area contributed by atoms with Crippen molar-refractivity contribution in [3.05, 3.63) is 58.7 Å². The minimum atomic E-state index is -4.60. The summed E-state index contributed by atoms with van der Waals surface area (Å²) in [5.41, 5.74) is 2.57. The second-order valence-electron chi connectivity index (χ2n) is 11.8. The summed E-state index contributed by atoms with van der Waals surface area (Å²) in [5, 5.41) is 2.98. The average molecular weight is 601 g/mol. The highest BCUT2D eigenvalue weighted by atomic mass is 32.1. The normalized spacial score (nSPS) is 27.3. The maximum absolute atomic E-state index is 14.6. The first-order valence-electron chi connectivity index (χ1n) is 14.6. The summed E-state index contributed by atoms with van der Waals surface area (Å²) in [6, 6.07) is 8.46. The Hall–Kier alpha value is -1.88. The predicted octanol–water partition coefficient (Wildman–Crippen LogP) is 7.03. The molecule has 2 aromatic carbocycles. The van der Waals surface area contributed by atoms with E-state index >= 15 is 0 Å². The van der Waals surface area contributed by atoms with Gasteiger partial charge in [0.2, 0.25) is 0 Å². The molecule has 4 nitrogen and oxygen atoms in total. The highest BCUT2D eigenvalue weighted by Crippen LogP contribution is 2.61. The van der Waals surface area contributed by atoms with Gasteiger partial charge < -0.3 is 14.8 Å². The number of rotatable bonds is 11. The van der Waals surface area contributed by atoms with Crippen molar-refractivity contribution in [2.45, 2.75) is 76.8 Å². The maximum atomic E-state index is 14.6. The summed E-state index contributed by atoms with van der Waals surface area (Å²) >= 11 is 3.33. The van der Waals surface area contributed by atoms with E-state index in [0.717, 1.165) is 38.5 Å². The van der Waals surface area contributed by atoms with Gasteiger partial charge in [-0.1, -0.05) is 13.0 Å². The molecular weight excluding hydrogens is 561 g/mol. The molecule has 3 aliphatic rings. The molecule has 1 N–H and O–H groups in total. The van der Waals surface area contributed by atoms with Crippen LogP contribution in [0.4, 0.5) is 22.0 Å². The van der Waals surface area contributed by atoms with Gasteiger partial charge in [-0.15, -0.1) is 13.2 Å². The number of halogens is 5. The van der Waals surface area contributed by atoms with Gasteiger partial charge in [-0.05, 0) is 104 Å². The van der Waals surface area contributed by atoms with Gasteiger partial charge in [-0.3, -0.25) is 4.74 Å². The summed E-state index contributed by atoms with van der Waals surface area (Å²) in [7, 11) is 0. The summed E-state index contributed by atoms with van der Waals surface area (Å²) < 4.78 is 81.8. The van der Waals surface area contributed by atoms with Crippen LogP contribution < -0.4 is 10.1 Å². The van der Waals surface area contributed by atoms with Gasteiger partial charge in [0.1, 0.15) is 28.9 Å². The number of hydrogen-bond donors (Lipinski definition) is 1. The van der Waals surface area contributed by atoms with Crippen molar-refractivity contribution in [3.63, 3.8) is 0 Å². The van der Waals surface area contributed by atoms with Crippen LogP contribution in [0.5, 0.6) is 11.5 Å². The molecule has 0 amide bonds. The van der Waals surface area contributed by atoms with Gasteiger partial charge in [-0.2, -0.15) is 0 Å². The molecule has 2 aromatic rings. The Morgan fingerprint density at radius 2 is 1.78 bits per heavy atom. The SMILES string of the molecule is CC12CCC3c4ccc(Oc5cc(F)c(CNCC[SH2+])c(F)c5)cc4CCC3C1CCC2OCCCOC(F)(F)F. The lowest BCUT2D eigenvalue weighted by molar-refractivity contribution is -0.325. The first-order chi connectivity index (χ1) is 19.6. The molecule has 5 unspecified atom stereocenters. The van der Waals surface area contributed by atoms with E-state index in [0.29, 0.717) is 35.8 Å². The van der Waals surface area contributed by atoms with Crippen LogP contribution in [0.15, 0.2) is 30.3 Å². The first-order valence-corrected chi connectivity index (χ1v) is 15.3. The van der Waals surface area contributed by atoms with Gasteiger partial charge in [0, 0.05) is 37.4 Å². The molecule has 226 valence electrons. The number of nitrogens with one attached hydrogen (secondary N) is 1. The zero-order valence-electron chi connectivity index (χ0n) is 23.3. The number of ether oxygens (including phenoxy) is 3. The molecule has 2 saturated carbocycles. The van der Waals surface area contributed by atoms with Crippen LogP contribution in [-0.4, -0.2) is 38.0 Å². The Morgan fingerprint density at radius 3 is 2.51 bits per heavy atom. The van der Waals surface area contributed by atoms with E-state index in [1.54, 1.807) is 0 Å². The van der Waals surface area contributed by atoms with Gasteiger partial charge in [0.15, 0.2) is 0 Å². The summed E-state index contributed by atoms with van der Waals surface area (Å²) in [4.78, 5) is 0. The fraction of sp³-hybridized carbons (Fsp3) is 0.613. The van der Waals surface area contributed by atoms with Crippen LogP contribution in [0.2, 0.25) is 0 Å². The van der Waals surface area contributed by atoms with Crippen LogP contribution in [0.1, 0.15) is 68.1 Å². The molecule has 2 fully saturated rings. The van der Waals surface area contributed by atoms with Crippen LogP contribution in [0.25, 0.3) is 0 Å². The van der Waals surface area contributed by atoms with Crippen molar-refractivity contribution < 1.29 is 36.2 Å². The molecule has 0 aliphatic heterocycles. The van der Waals surface area contributed by atoms with Gasteiger partial charge in [0.25, 0.3) is 0 Å². The molecule has 5 rings (SSSR count). The smallest absolute Gasteiger partial charge is 0.457 e. The molecule has 10 heteroatoms. The largest absolute Gasteiger partial charge is 0.522 e. The van der Waals surface area contributed by atoms with Crippen LogP contribution >= 0.6 is 0 Å². The third kappa shape index (κ3) is 6.86. The van der Waals surface area contributed by atoms with Crippen molar-refractivity contribution in [1.82, 2.24) is 5.32 Å². The lowest BCUT2D eigenvalue weighted by Crippen LogP contribution is -2.44. The van der Waals surface area contributed by atoms with Crippen molar-refractivity contribution >= 4 is 12.6 Å². The topological polar surface area (TPSA) is 39.7 Å². The third-order valence-corrected chi connectivity index (χ3v) is 9.69. The Morgan fingerprint density at radius 1 is 1.00 bits per heavy atom. The quantitative estimate of drug-likeness (QED) is 0.171. The summed E-state index contributed by atoms with van der Waals surface area (Å²) in [5.74, 6) is 1.59. The number of benzene rings is 2. The number of alkyl halides is 3. The maximum Gasteiger partial charge on any atom is 0.522 e. The second-order valence-corrected chi connectivity index (χ2v) is 12.3. The second kappa shape index (κ2) is 12.8. The van der Waals surface area contributed by atoms with Crippen LogP contribution in [-0.2, 0) is 35.1 Å². The van der Waals surface area contributed by atoms with E-state index in [1.165, 1.54) is 23.3 Å². The molecule has 0 radical (unpaired) electrons. The number of hydrogen-bond acceptors (Lipinski definition) is 4. The Bertz CT molecular complexity index is 1190. The van der Waals surface area contributed by atoms with Crippen molar-refractivity contribution in [2.75, 3.05) is 25.5 Å². The van der Waals surface area contributed by atoms with Crippen molar-refractivity contribution in [3.8, 4) is 11.5 Å². The Kier molecular flexibility index (Phi) is 9.53. The van der Waals surface area contributed by atoms with Crippen LogP contribution in [0, 0.1) is 28.9 Å². The lowest BCUT2D eigenvalue weighted by atomic mass is 9.55. The van der Waals surface area contributed by atoms with E-state index < -0.39 is 18.0 Å². The molecular formula is C31H39F5NO3S+. The number of fused-ring (bicyclic) bond motifs is 5. The fourth-order valence-electron chi connectivity index (χ4n) is 7.57. The molecule has 0 heterocycles. The number of aryl methyl sites for hydroxylation is 1. The summed E-state index contributed by atoms with van der Waals surface area (Å²) in [6.07, 6.45) is 1.67. The first kappa shape index (κ1) is 30.6. The lowest BCUT2D eigenvalue weighted by Gasteiger charge is -2.50. The molecule has 0 spiro atoms. The monoisotopic (exact) mass is 600 g/mol. The van der Waals surface area contributed by atoms with E-state index in [9.17, 15) is 22.0 Å². The predicted molar refractivity (Wildman–Crippen MR) is 151 cm³/mol. The van der Waals surface area contributed by atoms with E-state index in [-0.39, 0.29) is 49.0 Å². The molecule has 0 saturated heterocycles. The molecule has 0 bridgehead atoms. The zero-order valence-corrected chi connectivity index (χ0v) is 24.3. The van der Waals surface area contributed by atoms with E-state index in [2.05, 4.69) is 35.7 Å². The minimum Gasteiger partial charge on any atom is -0.457 e. The third-order valence-electron chi connectivity index (χ3n) is 9.44. The van der Waals surface area contributed by atoms with E-state index in [1.807, 2.05) is 12.1 Å². The standard InChI is InChI=1S/C31H38F5NO3S/c1-30-10-9-23-22-6-4-20(40-21-16-27(32)25(28(33)17-21)18-37-11-14-41)15-19(22)3-5-24(23)26(30)7-8-29(30)38-12-2-13-39-31(34,35)36/h4,6,15-17,23-24,26,29,37,41H,2-3,5,7-14,18H2,1H3/p+1. The van der Waals surface area contributed by atoms with Gasteiger partial charge in [0.05, 0.1) is 12.7 Å². The highest BCUT2D eigenvalue weighted by molar-refractivity contribution is 7.58. The molecule has 5 atom stereocenters. The Labute approximate surface area is 243 Å². The van der Waals surface area contributed by atoms with Crippen molar-refractivity contribution in [1.29, 1.82) is 0 Å².